The second-order valence-corrected chi connectivity index (χ2v) is 2.95. The van der Waals surface area contributed by atoms with Gasteiger partial charge in [0.25, 0.3) is 0 Å². The molecule has 0 spiro atoms. The van der Waals surface area contributed by atoms with E-state index in [2.05, 4.69) is 17.1 Å². The summed E-state index contributed by atoms with van der Waals surface area (Å²) in [4.78, 5) is 3.91. The predicted molar refractivity (Wildman–Crippen MR) is 54.8 cm³/mol. The Morgan fingerprint density at radius 2 is 2.15 bits per heavy atom. The van der Waals surface area contributed by atoms with E-state index in [9.17, 15) is 0 Å². The fraction of sp³-hybridized carbons (Fsp3) is 0.100. The van der Waals surface area contributed by atoms with Crippen LogP contribution < -0.4 is 11.5 Å². The SMILES string of the molecule is Nc1nccc(C2=CCC=C2)c1N. The average molecular weight is 173 g/mol. The highest BCUT2D eigenvalue weighted by atomic mass is 14.9. The monoisotopic (exact) mass is 173 g/mol. The van der Waals surface area contributed by atoms with Crippen LogP contribution in [0.2, 0.25) is 0 Å². The molecule has 1 aromatic rings. The van der Waals surface area contributed by atoms with Crippen molar-refractivity contribution in [1.29, 1.82) is 0 Å². The molecule has 2 rings (SSSR count). The number of hydrogen-bond donors (Lipinski definition) is 2. The molecule has 0 bridgehead atoms. The highest BCUT2D eigenvalue weighted by Gasteiger charge is 2.07. The second kappa shape index (κ2) is 2.94. The summed E-state index contributed by atoms with van der Waals surface area (Å²) in [7, 11) is 0. The van der Waals surface area contributed by atoms with Crippen molar-refractivity contribution in [1.82, 2.24) is 4.98 Å². The predicted octanol–water partition coefficient (Wildman–Crippen LogP) is 1.59. The largest absolute Gasteiger partial charge is 0.395 e. The van der Waals surface area contributed by atoms with Gasteiger partial charge in [0.15, 0.2) is 0 Å². The van der Waals surface area contributed by atoms with Crippen molar-refractivity contribution in [3.8, 4) is 0 Å². The quantitative estimate of drug-likeness (QED) is 0.677. The number of pyridine rings is 1. The number of nitrogens with zero attached hydrogens (tertiary/aromatic N) is 1. The molecule has 13 heavy (non-hydrogen) atoms. The molecule has 0 amide bonds. The van der Waals surface area contributed by atoms with Crippen LogP contribution in [0.4, 0.5) is 11.5 Å². The molecule has 1 aliphatic carbocycles. The van der Waals surface area contributed by atoms with E-state index >= 15 is 0 Å². The molecule has 0 unspecified atom stereocenters. The molecular formula is C10H11N3. The number of rotatable bonds is 1. The van der Waals surface area contributed by atoms with E-state index in [4.69, 9.17) is 11.5 Å². The van der Waals surface area contributed by atoms with E-state index in [0.29, 0.717) is 11.5 Å². The number of anilines is 2. The maximum Gasteiger partial charge on any atom is 0.147 e. The van der Waals surface area contributed by atoms with Crippen molar-refractivity contribution in [3.63, 3.8) is 0 Å². The number of aromatic nitrogens is 1. The molecule has 0 saturated heterocycles. The third kappa shape index (κ3) is 1.28. The lowest BCUT2D eigenvalue weighted by Gasteiger charge is -2.06. The summed E-state index contributed by atoms with van der Waals surface area (Å²) in [6, 6.07) is 1.88. The van der Waals surface area contributed by atoms with Crippen molar-refractivity contribution in [2.24, 2.45) is 0 Å². The summed E-state index contributed by atoms with van der Waals surface area (Å²) in [5.41, 5.74) is 14.1. The number of nitrogen functional groups attached to an aromatic ring is 2. The summed E-state index contributed by atoms with van der Waals surface area (Å²) >= 11 is 0. The smallest absolute Gasteiger partial charge is 0.147 e. The van der Waals surface area contributed by atoms with Gasteiger partial charge in [-0.3, -0.25) is 0 Å². The maximum atomic E-state index is 5.80. The zero-order valence-electron chi connectivity index (χ0n) is 7.20. The molecule has 3 heteroatoms. The molecule has 3 nitrogen and oxygen atoms in total. The van der Waals surface area contributed by atoms with Gasteiger partial charge in [-0.2, -0.15) is 0 Å². The van der Waals surface area contributed by atoms with Crippen molar-refractivity contribution in [3.05, 3.63) is 36.1 Å². The van der Waals surface area contributed by atoms with E-state index in [-0.39, 0.29) is 0 Å². The van der Waals surface area contributed by atoms with Gasteiger partial charge in [0.2, 0.25) is 0 Å². The maximum absolute atomic E-state index is 5.80. The first-order chi connectivity index (χ1) is 6.29. The second-order valence-electron chi connectivity index (χ2n) is 2.95. The summed E-state index contributed by atoms with van der Waals surface area (Å²) in [6.07, 6.45) is 8.90. The molecule has 0 fully saturated rings. The van der Waals surface area contributed by atoms with Gasteiger partial charge in [0.1, 0.15) is 5.82 Å². The Morgan fingerprint density at radius 3 is 2.85 bits per heavy atom. The first kappa shape index (κ1) is 7.86. The molecule has 66 valence electrons. The van der Waals surface area contributed by atoms with Crippen molar-refractivity contribution < 1.29 is 0 Å². The highest BCUT2D eigenvalue weighted by Crippen LogP contribution is 2.28. The number of nitrogens with two attached hydrogens (primary N) is 2. The van der Waals surface area contributed by atoms with E-state index in [1.807, 2.05) is 12.1 Å². The van der Waals surface area contributed by atoms with Crippen molar-refractivity contribution in [2.45, 2.75) is 6.42 Å². The normalized spacial score (nSPS) is 14.6. The van der Waals surface area contributed by atoms with Gasteiger partial charge in [-0.15, -0.1) is 0 Å². The van der Waals surface area contributed by atoms with Crippen LogP contribution in [0.3, 0.4) is 0 Å². The zero-order valence-corrected chi connectivity index (χ0v) is 7.20. The van der Waals surface area contributed by atoms with Gasteiger partial charge in [0.05, 0.1) is 5.69 Å². The minimum Gasteiger partial charge on any atom is -0.395 e. The standard InChI is InChI=1S/C10H11N3/c11-9-8(5-6-13-10(9)12)7-3-1-2-4-7/h1,3-6H,2,11H2,(H2,12,13). The Balaban J connectivity index is 2.51. The third-order valence-corrected chi connectivity index (χ3v) is 2.10. The summed E-state index contributed by atoms with van der Waals surface area (Å²) in [6.45, 7) is 0. The van der Waals surface area contributed by atoms with E-state index in [0.717, 1.165) is 17.6 Å². The van der Waals surface area contributed by atoms with Crippen molar-refractivity contribution in [2.75, 3.05) is 11.5 Å². The van der Waals surface area contributed by atoms with Crippen LogP contribution in [0.1, 0.15) is 12.0 Å². The van der Waals surface area contributed by atoms with E-state index in [1.54, 1.807) is 6.20 Å². The molecular weight excluding hydrogens is 162 g/mol. The molecule has 0 aromatic carbocycles. The highest BCUT2D eigenvalue weighted by molar-refractivity contribution is 5.86. The van der Waals surface area contributed by atoms with Gasteiger partial charge in [-0.1, -0.05) is 18.2 Å². The Kier molecular flexibility index (Phi) is 1.77. The van der Waals surface area contributed by atoms with E-state index in [1.165, 1.54) is 0 Å². The number of allylic oxidation sites excluding steroid dienone is 4. The van der Waals surface area contributed by atoms with Gasteiger partial charge in [0, 0.05) is 11.8 Å². The van der Waals surface area contributed by atoms with Crippen LogP contribution in [0, 0.1) is 0 Å². The lowest BCUT2D eigenvalue weighted by atomic mass is 10.1. The summed E-state index contributed by atoms with van der Waals surface area (Å²) < 4.78 is 0. The Labute approximate surface area is 76.8 Å². The van der Waals surface area contributed by atoms with Crippen LogP contribution in [0.5, 0.6) is 0 Å². The van der Waals surface area contributed by atoms with Crippen molar-refractivity contribution >= 4 is 17.1 Å². The minimum absolute atomic E-state index is 0.402. The average Bonchev–Trinajstić information content (AvgIpc) is 2.62. The topological polar surface area (TPSA) is 64.9 Å². The zero-order chi connectivity index (χ0) is 9.26. The number of hydrogen-bond acceptors (Lipinski definition) is 3. The minimum atomic E-state index is 0.402. The van der Waals surface area contributed by atoms with Crippen LogP contribution in [0.25, 0.3) is 5.57 Å². The first-order valence-corrected chi connectivity index (χ1v) is 4.16. The molecule has 0 atom stereocenters. The van der Waals surface area contributed by atoms with Gasteiger partial charge in [-0.05, 0) is 18.1 Å². The fourth-order valence-corrected chi connectivity index (χ4v) is 1.40. The lowest BCUT2D eigenvalue weighted by Crippen LogP contribution is -2.00. The van der Waals surface area contributed by atoms with Crippen LogP contribution in [0.15, 0.2) is 30.5 Å². The summed E-state index contributed by atoms with van der Waals surface area (Å²) in [5.74, 6) is 0.402. The van der Waals surface area contributed by atoms with E-state index < -0.39 is 0 Å². The molecule has 1 heterocycles. The third-order valence-electron chi connectivity index (χ3n) is 2.10. The fourth-order valence-electron chi connectivity index (χ4n) is 1.40. The van der Waals surface area contributed by atoms with Gasteiger partial charge in [-0.25, -0.2) is 4.98 Å². The summed E-state index contributed by atoms with van der Waals surface area (Å²) in [5, 5.41) is 0. The Morgan fingerprint density at radius 1 is 1.31 bits per heavy atom. The Bertz CT molecular complexity index is 391. The Hall–Kier alpha value is -1.77. The molecule has 0 radical (unpaired) electrons. The molecule has 1 aliphatic rings. The van der Waals surface area contributed by atoms with Gasteiger partial charge < -0.3 is 11.5 Å². The molecule has 0 aliphatic heterocycles. The van der Waals surface area contributed by atoms with Gasteiger partial charge >= 0.3 is 0 Å². The van der Waals surface area contributed by atoms with Crippen LogP contribution in [-0.4, -0.2) is 4.98 Å². The molecule has 0 saturated carbocycles. The van der Waals surface area contributed by atoms with Crippen LogP contribution >= 0.6 is 0 Å². The molecule has 4 N–H and O–H groups in total. The molecule has 1 aromatic heterocycles. The van der Waals surface area contributed by atoms with Crippen LogP contribution in [-0.2, 0) is 0 Å². The first-order valence-electron chi connectivity index (χ1n) is 4.16. The lowest BCUT2D eigenvalue weighted by molar-refractivity contribution is 1.33.